The molecule has 6 nitrogen and oxygen atoms in total. The molecule has 0 aliphatic carbocycles. The Morgan fingerprint density at radius 1 is 1.04 bits per heavy atom. The molecule has 25 heavy (non-hydrogen) atoms. The van der Waals surface area contributed by atoms with Crippen LogP contribution in [0.15, 0.2) is 53.2 Å². The number of nitrogens with zero attached hydrogens (tertiary/aromatic N) is 3. The van der Waals surface area contributed by atoms with Crippen molar-refractivity contribution in [3.8, 4) is 22.9 Å². The number of hydrogen-bond acceptors (Lipinski definition) is 5. The minimum atomic E-state index is -5.08. The standard InChI is InChI=1S/C13H8ClN3O.C2HF3O2/c14-11-5-3-9(4-6-11)12-16-17-13(18-12)10-2-1-7-15-8-10;3-2(4,5)1(6)7/h1-8H;(H,6,7). The highest BCUT2D eigenvalue weighted by Crippen LogP contribution is 2.24. The zero-order valence-corrected chi connectivity index (χ0v) is 13.0. The van der Waals surface area contributed by atoms with Gasteiger partial charge in [0.2, 0.25) is 11.8 Å². The lowest BCUT2D eigenvalue weighted by molar-refractivity contribution is -0.192. The molecule has 3 aromatic rings. The molecule has 0 atom stereocenters. The van der Waals surface area contributed by atoms with E-state index in [1.165, 1.54) is 0 Å². The summed E-state index contributed by atoms with van der Waals surface area (Å²) in [6.07, 6.45) is -1.71. The van der Waals surface area contributed by atoms with Crippen LogP contribution >= 0.6 is 11.6 Å². The number of carboxylic acids is 1. The Hall–Kier alpha value is -2.94. The SMILES string of the molecule is Clc1ccc(-c2nnc(-c3cccnc3)o2)cc1.O=C(O)C(F)(F)F. The van der Waals surface area contributed by atoms with Gasteiger partial charge < -0.3 is 9.52 Å². The summed E-state index contributed by atoms with van der Waals surface area (Å²) >= 11 is 5.83. The smallest absolute Gasteiger partial charge is 0.475 e. The summed E-state index contributed by atoms with van der Waals surface area (Å²) in [6, 6.07) is 10.9. The van der Waals surface area contributed by atoms with Crippen LogP contribution in [0.3, 0.4) is 0 Å². The Kier molecular flexibility index (Phi) is 5.71. The van der Waals surface area contributed by atoms with Gasteiger partial charge >= 0.3 is 12.1 Å². The van der Waals surface area contributed by atoms with Crippen LogP contribution in [-0.4, -0.2) is 32.4 Å². The summed E-state index contributed by atoms with van der Waals surface area (Å²) in [5, 5.41) is 15.8. The monoisotopic (exact) mass is 371 g/mol. The van der Waals surface area contributed by atoms with Gasteiger partial charge in [0.05, 0.1) is 5.56 Å². The quantitative estimate of drug-likeness (QED) is 0.730. The Bertz CT molecular complexity index is 836. The van der Waals surface area contributed by atoms with Crippen molar-refractivity contribution < 1.29 is 27.5 Å². The Balaban J connectivity index is 0.000000277. The number of benzene rings is 1. The van der Waals surface area contributed by atoms with Crippen LogP contribution in [0.25, 0.3) is 22.9 Å². The first kappa shape index (κ1) is 18.4. The molecular weight excluding hydrogens is 363 g/mol. The summed E-state index contributed by atoms with van der Waals surface area (Å²) in [4.78, 5) is 12.9. The molecule has 0 spiro atoms. The highest BCUT2D eigenvalue weighted by Gasteiger charge is 2.38. The molecule has 0 amide bonds. The first-order chi connectivity index (χ1) is 11.8. The molecule has 0 bridgehead atoms. The maximum absolute atomic E-state index is 10.6. The van der Waals surface area contributed by atoms with Gasteiger partial charge in [0, 0.05) is 23.0 Å². The molecule has 0 saturated heterocycles. The third kappa shape index (κ3) is 5.28. The molecule has 130 valence electrons. The molecule has 1 aromatic carbocycles. The van der Waals surface area contributed by atoms with Crippen molar-refractivity contribution >= 4 is 17.6 Å². The summed E-state index contributed by atoms with van der Waals surface area (Å²) in [7, 11) is 0. The number of alkyl halides is 3. The molecule has 0 aliphatic heterocycles. The first-order valence-corrected chi connectivity index (χ1v) is 6.95. The van der Waals surface area contributed by atoms with E-state index < -0.39 is 12.1 Å². The summed E-state index contributed by atoms with van der Waals surface area (Å²) in [5.41, 5.74) is 1.63. The molecule has 0 unspecified atom stereocenters. The molecule has 0 aliphatic rings. The van der Waals surface area contributed by atoms with E-state index in [1.807, 2.05) is 24.3 Å². The summed E-state index contributed by atoms with van der Waals surface area (Å²) < 4.78 is 37.3. The summed E-state index contributed by atoms with van der Waals surface area (Å²) in [6.45, 7) is 0. The first-order valence-electron chi connectivity index (χ1n) is 6.57. The second-order valence-electron chi connectivity index (χ2n) is 4.46. The van der Waals surface area contributed by atoms with Gasteiger partial charge in [-0.15, -0.1) is 10.2 Å². The van der Waals surface area contributed by atoms with Gasteiger partial charge in [0.1, 0.15) is 0 Å². The van der Waals surface area contributed by atoms with Crippen LogP contribution < -0.4 is 0 Å². The molecule has 2 heterocycles. The number of hydrogen-bond donors (Lipinski definition) is 1. The highest BCUT2D eigenvalue weighted by atomic mass is 35.5. The van der Waals surface area contributed by atoms with Crippen molar-refractivity contribution in [3.05, 3.63) is 53.8 Å². The number of carboxylic acid groups (broad SMARTS) is 1. The Morgan fingerprint density at radius 2 is 1.60 bits per heavy atom. The van der Waals surface area contributed by atoms with Crippen molar-refractivity contribution in [2.45, 2.75) is 6.18 Å². The van der Waals surface area contributed by atoms with Crippen LogP contribution in [0.1, 0.15) is 0 Å². The molecule has 3 rings (SSSR count). The second kappa shape index (κ2) is 7.75. The van der Waals surface area contributed by atoms with E-state index in [4.69, 9.17) is 25.9 Å². The number of pyridine rings is 1. The molecule has 0 fully saturated rings. The lowest BCUT2D eigenvalue weighted by Crippen LogP contribution is -2.21. The Labute approximate surface area is 143 Å². The third-order valence-electron chi connectivity index (χ3n) is 2.67. The van der Waals surface area contributed by atoms with Crippen LogP contribution in [0.2, 0.25) is 5.02 Å². The fourth-order valence-corrected chi connectivity index (χ4v) is 1.66. The normalized spacial score (nSPS) is 10.7. The van der Waals surface area contributed by atoms with Gasteiger partial charge in [-0.2, -0.15) is 13.2 Å². The van der Waals surface area contributed by atoms with Gasteiger partial charge in [-0.05, 0) is 36.4 Å². The van der Waals surface area contributed by atoms with Crippen LogP contribution in [0.5, 0.6) is 0 Å². The van der Waals surface area contributed by atoms with Crippen molar-refractivity contribution in [2.75, 3.05) is 0 Å². The van der Waals surface area contributed by atoms with Crippen LogP contribution in [0, 0.1) is 0 Å². The lowest BCUT2D eigenvalue weighted by atomic mass is 10.2. The number of aliphatic carboxylic acids is 1. The predicted octanol–water partition coefficient (Wildman–Crippen LogP) is 4.09. The van der Waals surface area contributed by atoms with Gasteiger partial charge in [-0.25, -0.2) is 4.79 Å². The van der Waals surface area contributed by atoms with Gasteiger partial charge in [0.15, 0.2) is 0 Å². The molecule has 0 radical (unpaired) electrons. The van der Waals surface area contributed by atoms with E-state index in [1.54, 1.807) is 24.5 Å². The lowest BCUT2D eigenvalue weighted by Gasteiger charge is -1.94. The topological polar surface area (TPSA) is 89.1 Å². The molecular formula is C15H9ClF3N3O3. The largest absolute Gasteiger partial charge is 0.490 e. The zero-order chi connectivity index (χ0) is 18.4. The van der Waals surface area contributed by atoms with E-state index in [-0.39, 0.29) is 0 Å². The average molecular weight is 372 g/mol. The minimum Gasteiger partial charge on any atom is -0.475 e. The van der Waals surface area contributed by atoms with E-state index in [0.717, 1.165) is 11.1 Å². The van der Waals surface area contributed by atoms with Crippen molar-refractivity contribution in [1.29, 1.82) is 0 Å². The van der Waals surface area contributed by atoms with Crippen LogP contribution in [-0.2, 0) is 4.79 Å². The molecule has 0 saturated carbocycles. The second-order valence-corrected chi connectivity index (χ2v) is 4.90. The number of carbonyl (C=O) groups is 1. The highest BCUT2D eigenvalue weighted by molar-refractivity contribution is 6.30. The maximum Gasteiger partial charge on any atom is 0.490 e. The number of aromatic nitrogens is 3. The van der Waals surface area contributed by atoms with Gasteiger partial charge in [-0.1, -0.05) is 11.6 Å². The van der Waals surface area contributed by atoms with Crippen LogP contribution in [0.4, 0.5) is 13.2 Å². The fraction of sp³-hybridized carbons (Fsp3) is 0.0667. The number of rotatable bonds is 2. The van der Waals surface area contributed by atoms with Crippen molar-refractivity contribution in [1.82, 2.24) is 15.2 Å². The van der Waals surface area contributed by atoms with Crippen molar-refractivity contribution in [3.63, 3.8) is 0 Å². The number of halogens is 4. The van der Waals surface area contributed by atoms with Gasteiger partial charge in [0.25, 0.3) is 0 Å². The minimum absolute atomic E-state index is 0.452. The maximum atomic E-state index is 10.6. The molecule has 10 heteroatoms. The van der Waals surface area contributed by atoms with Gasteiger partial charge in [-0.3, -0.25) is 4.98 Å². The average Bonchev–Trinajstić information content (AvgIpc) is 3.06. The van der Waals surface area contributed by atoms with E-state index in [2.05, 4.69) is 15.2 Å². The van der Waals surface area contributed by atoms with E-state index in [9.17, 15) is 13.2 Å². The molecule has 2 aromatic heterocycles. The molecule has 1 N–H and O–H groups in total. The summed E-state index contributed by atoms with van der Waals surface area (Å²) in [5.74, 6) is -1.84. The van der Waals surface area contributed by atoms with Crippen molar-refractivity contribution in [2.24, 2.45) is 0 Å². The fourth-order valence-electron chi connectivity index (χ4n) is 1.54. The van der Waals surface area contributed by atoms with E-state index >= 15 is 0 Å². The van der Waals surface area contributed by atoms with E-state index in [0.29, 0.717) is 16.8 Å². The predicted molar refractivity (Wildman–Crippen MR) is 81.7 cm³/mol. The Morgan fingerprint density at radius 3 is 2.08 bits per heavy atom. The zero-order valence-electron chi connectivity index (χ0n) is 12.2. The third-order valence-corrected chi connectivity index (χ3v) is 2.92.